The molecule has 2 rings (SSSR count). The third-order valence-corrected chi connectivity index (χ3v) is 4.20. The smallest absolute Gasteiger partial charge is 0.111 e. The van der Waals surface area contributed by atoms with Gasteiger partial charge in [-0.15, -0.1) is 11.3 Å². The van der Waals surface area contributed by atoms with Crippen molar-refractivity contribution in [2.75, 3.05) is 0 Å². The second-order valence-electron chi connectivity index (χ2n) is 4.04. The molecule has 0 fully saturated rings. The van der Waals surface area contributed by atoms with E-state index >= 15 is 0 Å². The number of aromatic nitrogens is 2. The van der Waals surface area contributed by atoms with Gasteiger partial charge in [0.1, 0.15) is 10.2 Å². The molecule has 3 nitrogen and oxygen atoms in total. The largest absolute Gasteiger partial charge is 0.388 e. The molecule has 1 unspecified atom stereocenters. The Hall–Kier alpha value is -0.550. The predicted molar refractivity (Wildman–Crippen MR) is 75.5 cm³/mol. The molecule has 0 saturated carbocycles. The Labute approximate surface area is 120 Å². The number of hydrogen-bond acceptors (Lipinski definition) is 3. The van der Waals surface area contributed by atoms with Crippen LogP contribution in [0.2, 0.25) is 8.67 Å². The minimum absolute atomic E-state index is 0.444. The van der Waals surface area contributed by atoms with Crippen molar-refractivity contribution in [3.8, 4) is 0 Å². The van der Waals surface area contributed by atoms with Gasteiger partial charge in [0.15, 0.2) is 0 Å². The normalized spacial score (nSPS) is 12.9. The SMILES string of the molecule is CCCn1ccnc1CC(O)c1cc(Cl)sc1Cl. The first-order valence-electron chi connectivity index (χ1n) is 5.74. The number of aliphatic hydroxyl groups excluding tert-OH is 1. The quantitative estimate of drug-likeness (QED) is 0.908. The molecular formula is C12H14Cl2N2OS. The fourth-order valence-electron chi connectivity index (χ4n) is 1.84. The van der Waals surface area contributed by atoms with E-state index in [1.165, 1.54) is 11.3 Å². The summed E-state index contributed by atoms with van der Waals surface area (Å²) in [5, 5.41) is 10.2. The molecular weight excluding hydrogens is 291 g/mol. The minimum atomic E-state index is -0.667. The van der Waals surface area contributed by atoms with E-state index in [4.69, 9.17) is 23.2 Å². The van der Waals surface area contributed by atoms with Crippen LogP contribution >= 0.6 is 34.5 Å². The Morgan fingerprint density at radius 3 is 2.89 bits per heavy atom. The fourth-order valence-corrected chi connectivity index (χ4v) is 3.40. The number of hydrogen-bond donors (Lipinski definition) is 1. The Balaban J connectivity index is 2.13. The third kappa shape index (κ3) is 3.06. The van der Waals surface area contributed by atoms with Crippen molar-refractivity contribution in [2.24, 2.45) is 0 Å². The number of halogens is 2. The number of aryl methyl sites for hydroxylation is 1. The maximum absolute atomic E-state index is 10.2. The maximum atomic E-state index is 10.2. The number of rotatable bonds is 5. The number of aliphatic hydroxyl groups is 1. The molecule has 0 spiro atoms. The van der Waals surface area contributed by atoms with Gasteiger partial charge in [-0.25, -0.2) is 4.98 Å². The molecule has 0 aromatic carbocycles. The van der Waals surface area contributed by atoms with Crippen molar-refractivity contribution >= 4 is 34.5 Å². The molecule has 2 heterocycles. The topological polar surface area (TPSA) is 38.0 Å². The van der Waals surface area contributed by atoms with E-state index in [1.54, 1.807) is 12.3 Å². The summed E-state index contributed by atoms with van der Waals surface area (Å²) in [6.07, 6.45) is 4.48. The summed E-state index contributed by atoms with van der Waals surface area (Å²) in [5.74, 6) is 0.864. The second-order valence-corrected chi connectivity index (χ2v) is 6.32. The molecule has 2 aromatic rings. The lowest BCUT2D eigenvalue weighted by molar-refractivity contribution is 0.175. The standard InChI is InChI=1S/C12H14Cl2N2OS/c1-2-4-16-5-3-15-11(16)7-9(17)8-6-10(13)18-12(8)14/h3,5-6,9,17H,2,4,7H2,1H3. The Kier molecular flexibility index (Phi) is 4.67. The highest BCUT2D eigenvalue weighted by molar-refractivity contribution is 7.20. The van der Waals surface area contributed by atoms with Crippen LogP contribution < -0.4 is 0 Å². The molecule has 1 atom stereocenters. The molecule has 18 heavy (non-hydrogen) atoms. The third-order valence-electron chi connectivity index (χ3n) is 2.68. The Morgan fingerprint density at radius 2 is 2.28 bits per heavy atom. The van der Waals surface area contributed by atoms with Crippen LogP contribution in [-0.4, -0.2) is 14.7 Å². The van der Waals surface area contributed by atoms with E-state index in [2.05, 4.69) is 11.9 Å². The summed E-state index contributed by atoms with van der Waals surface area (Å²) >= 11 is 13.2. The summed E-state index contributed by atoms with van der Waals surface area (Å²) in [4.78, 5) is 4.27. The van der Waals surface area contributed by atoms with Crippen molar-refractivity contribution in [2.45, 2.75) is 32.4 Å². The molecule has 0 aliphatic carbocycles. The predicted octanol–water partition coefficient (Wildman–Crippen LogP) is 3.94. The van der Waals surface area contributed by atoms with Crippen LogP contribution in [0, 0.1) is 0 Å². The first-order valence-corrected chi connectivity index (χ1v) is 7.31. The zero-order valence-electron chi connectivity index (χ0n) is 9.94. The Bertz CT molecular complexity index is 524. The van der Waals surface area contributed by atoms with Gasteiger partial charge in [0.25, 0.3) is 0 Å². The zero-order valence-corrected chi connectivity index (χ0v) is 12.3. The molecule has 1 N–H and O–H groups in total. The first kappa shape index (κ1) is 13.9. The van der Waals surface area contributed by atoms with Crippen LogP contribution in [0.5, 0.6) is 0 Å². The molecule has 0 aliphatic heterocycles. The van der Waals surface area contributed by atoms with Gasteiger partial charge in [0.2, 0.25) is 0 Å². The minimum Gasteiger partial charge on any atom is -0.388 e. The first-order chi connectivity index (χ1) is 8.61. The number of nitrogens with zero attached hydrogens (tertiary/aromatic N) is 2. The van der Waals surface area contributed by atoms with Gasteiger partial charge < -0.3 is 9.67 Å². The lowest BCUT2D eigenvalue weighted by atomic mass is 10.1. The highest BCUT2D eigenvalue weighted by Crippen LogP contribution is 2.35. The van der Waals surface area contributed by atoms with E-state index < -0.39 is 6.10 Å². The van der Waals surface area contributed by atoms with Gasteiger partial charge in [0.05, 0.1) is 10.4 Å². The van der Waals surface area contributed by atoms with Crippen molar-refractivity contribution < 1.29 is 5.11 Å². The maximum Gasteiger partial charge on any atom is 0.111 e. The van der Waals surface area contributed by atoms with Gasteiger partial charge in [-0.2, -0.15) is 0 Å². The highest BCUT2D eigenvalue weighted by Gasteiger charge is 2.17. The zero-order chi connectivity index (χ0) is 13.1. The molecule has 0 bridgehead atoms. The van der Waals surface area contributed by atoms with E-state index in [0.29, 0.717) is 20.7 Å². The van der Waals surface area contributed by atoms with Crippen molar-refractivity contribution in [3.63, 3.8) is 0 Å². The molecule has 2 aromatic heterocycles. The van der Waals surface area contributed by atoms with Gasteiger partial charge in [-0.1, -0.05) is 30.1 Å². The van der Waals surface area contributed by atoms with E-state index in [9.17, 15) is 5.11 Å². The van der Waals surface area contributed by atoms with Crippen molar-refractivity contribution in [3.05, 3.63) is 38.5 Å². The van der Waals surface area contributed by atoms with Crippen LogP contribution in [-0.2, 0) is 13.0 Å². The highest BCUT2D eigenvalue weighted by atomic mass is 35.5. The molecule has 0 radical (unpaired) electrons. The van der Waals surface area contributed by atoms with Gasteiger partial charge >= 0.3 is 0 Å². The van der Waals surface area contributed by atoms with E-state index in [1.807, 2.05) is 10.8 Å². The average Bonchev–Trinajstić information content (AvgIpc) is 2.87. The summed E-state index contributed by atoms with van der Waals surface area (Å²) in [5.41, 5.74) is 0.678. The summed E-state index contributed by atoms with van der Waals surface area (Å²) in [7, 11) is 0. The van der Waals surface area contributed by atoms with Crippen LogP contribution in [0.3, 0.4) is 0 Å². The monoisotopic (exact) mass is 304 g/mol. The molecule has 0 amide bonds. The molecule has 0 saturated heterocycles. The van der Waals surface area contributed by atoms with Gasteiger partial charge in [-0.05, 0) is 12.5 Å². The lowest BCUT2D eigenvalue weighted by Crippen LogP contribution is -2.08. The van der Waals surface area contributed by atoms with Gasteiger partial charge in [0, 0.05) is 30.9 Å². The summed E-state index contributed by atoms with van der Waals surface area (Å²) < 4.78 is 3.18. The second kappa shape index (κ2) is 6.06. The van der Waals surface area contributed by atoms with Crippen LogP contribution in [0.4, 0.5) is 0 Å². The number of imidazole rings is 1. The van der Waals surface area contributed by atoms with Crippen LogP contribution in [0.1, 0.15) is 30.8 Å². The van der Waals surface area contributed by atoms with Gasteiger partial charge in [-0.3, -0.25) is 0 Å². The summed E-state index contributed by atoms with van der Waals surface area (Å²) in [6.45, 7) is 3.01. The number of thiophene rings is 1. The molecule has 0 aliphatic rings. The summed E-state index contributed by atoms with van der Waals surface area (Å²) in [6, 6.07) is 1.71. The van der Waals surface area contributed by atoms with E-state index in [0.717, 1.165) is 18.8 Å². The van der Waals surface area contributed by atoms with Crippen LogP contribution in [0.15, 0.2) is 18.5 Å². The molecule has 6 heteroatoms. The average molecular weight is 305 g/mol. The Morgan fingerprint density at radius 1 is 1.50 bits per heavy atom. The van der Waals surface area contributed by atoms with Crippen LogP contribution in [0.25, 0.3) is 0 Å². The fraction of sp³-hybridized carbons (Fsp3) is 0.417. The molecule has 98 valence electrons. The van der Waals surface area contributed by atoms with E-state index in [-0.39, 0.29) is 0 Å². The van der Waals surface area contributed by atoms with Crippen molar-refractivity contribution in [1.29, 1.82) is 0 Å². The lowest BCUT2D eigenvalue weighted by Gasteiger charge is -2.11. The van der Waals surface area contributed by atoms with Crippen molar-refractivity contribution in [1.82, 2.24) is 9.55 Å².